The molecular weight excluding hydrogens is 320 g/mol. The van der Waals surface area contributed by atoms with Gasteiger partial charge in [0.1, 0.15) is 0 Å². The Bertz CT molecular complexity index is 595. The number of carboxylic acid groups (broad SMARTS) is 1. The molecule has 6 nitrogen and oxygen atoms in total. The molecule has 1 aromatic carbocycles. The number of benzene rings is 1. The van der Waals surface area contributed by atoms with Crippen molar-refractivity contribution in [3.05, 3.63) is 35.9 Å². The minimum atomic E-state index is -0.924. The fourth-order valence-electron chi connectivity index (χ4n) is 3.12. The van der Waals surface area contributed by atoms with Crippen molar-refractivity contribution in [3.8, 4) is 0 Å². The number of piperidine rings is 1. The molecule has 25 heavy (non-hydrogen) atoms. The van der Waals surface area contributed by atoms with E-state index >= 15 is 0 Å². The highest BCUT2D eigenvalue weighted by atomic mass is 16.4. The lowest BCUT2D eigenvalue weighted by molar-refractivity contribution is -0.138. The third-order valence-corrected chi connectivity index (χ3v) is 4.56. The third kappa shape index (κ3) is 6.21. The Morgan fingerprint density at radius 3 is 2.44 bits per heavy atom. The van der Waals surface area contributed by atoms with E-state index in [0.717, 1.165) is 12.0 Å². The number of likely N-dealkylation sites (tertiary alicyclic amines) is 1. The summed E-state index contributed by atoms with van der Waals surface area (Å²) in [5.41, 5.74) is 1.15. The molecule has 2 N–H and O–H groups in total. The van der Waals surface area contributed by atoms with Gasteiger partial charge in [-0.3, -0.25) is 14.4 Å². The quantitative estimate of drug-likeness (QED) is 0.789. The molecule has 2 amide bonds. The topological polar surface area (TPSA) is 86.7 Å². The minimum absolute atomic E-state index is 0.0808. The maximum atomic E-state index is 12.3. The fourth-order valence-corrected chi connectivity index (χ4v) is 3.12. The third-order valence-electron chi connectivity index (χ3n) is 4.56. The van der Waals surface area contributed by atoms with Gasteiger partial charge in [-0.25, -0.2) is 0 Å². The number of aryl methyl sites for hydroxylation is 1. The van der Waals surface area contributed by atoms with Crippen LogP contribution in [-0.2, 0) is 20.8 Å². The van der Waals surface area contributed by atoms with Crippen LogP contribution in [0.4, 0.5) is 0 Å². The number of carbonyl (C=O) groups excluding carboxylic acids is 2. The zero-order chi connectivity index (χ0) is 18.2. The van der Waals surface area contributed by atoms with Gasteiger partial charge in [0.2, 0.25) is 11.8 Å². The first-order valence-corrected chi connectivity index (χ1v) is 8.79. The van der Waals surface area contributed by atoms with Crippen LogP contribution >= 0.6 is 0 Å². The predicted molar refractivity (Wildman–Crippen MR) is 93.9 cm³/mol. The summed E-state index contributed by atoms with van der Waals surface area (Å²) in [5.74, 6) is -1.05. The molecule has 0 aliphatic carbocycles. The molecule has 0 spiro atoms. The van der Waals surface area contributed by atoms with E-state index in [9.17, 15) is 14.4 Å². The molecule has 1 saturated heterocycles. The second-order valence-corrected chi connectivity index (χ2v) is 6.65. The molecule has 0 bridgehead atoms. The zero-order valence-corrected chi connectivity index (χ0v) is 14.6. The Kier molecular flexibility index (Phi) is 6.98. The van der Waals surface area contributed by atoms with Crippen molar-refractivity contribution in [1.29, 1.82) is 0 Å². The molecule has 2 rings (SSSR count). The predicted octanol–water partition coefficient (Wildman–Crippen LogP) is 1.84. The van der Waals surface area contributed by atoms with Crippen molar-refractivity contribution in [2.24, 2.45) is 5.92 Å². The monoisotopic (exact) mass is 346 g/mol. The number of hydrogen-bond donors (Lipinski definition) is 2. The Morgan fingerprint density at radius 2 is 1.84 bits per heavy atom. The van der Waals surface area contributed by atoms with Crippen LogP contribution in [0.15, 0.2) is 30.3 Å². The lowest BCUT2D eigenvalue weighted by Crippen LogP contribution is -2.45. The first kappa shape index (κ1) is 19.0. The number of carboxylic acids is 1. The van der Waals surface area contributed by atoms with Crippen LogP contribution in [-0.4, -0.2) is 46.9 Å². The van der Waals surface area contributed by atoms with Crippen LogP contribution in [0.2, 0.25) is 0 Å². The Labute approximate surface area is 148 Å². The summed E-state index contributed by atoms with van der Waals surface area (Å²) < 4.78 is 0. The summed E-state index contributed by atoms with van der Waals surface area (Å²) in [6.45, 7) is 2.85. The molecular formula is C19H26N2O4. The molecule has 1 aliphatic heterocycles. The van der Waals surface area contributed by atoms with E-state index < -0.39 is 5.97 Å². The van der Waals surface area contributed by atoms with Gasteiger partial charge < -0.3 is 15.3 Å². The van der Waals surface area contributed by atoms with Gasteiger partial charge in [-0.15, -0.1) is 0 Å². The number of hydrogen-bond acceptors (Lipinski definition) is 3. The maximum Gasteiger partial charge on any atom is 0.305 e. The van der Waals surface area contributed by atoms with Gasteiger partial charge in [0.05, 0.1) is 6.42 Å². The lowest BCUT2D eigenvalue weighted by atomic mass is 9.95. The van der Waals surface area contributed by atoms with Crippen molar-refractivity contribution in [2.75, 3.05) is 13.1 Å². The average molecular weight is 346 g/mol. The molecule has 1 fully saturated rings. The summed E-state index contributed by atoms with van der Waals surface area (Å²) in [6.07, 6.45) is 2.39. The summed E-state index contributed by atoms with van der Waals surface area (Å²) in [6, 6.07) is 9.54. The standard InChI is InChI=1S/C19H26N2O4/c1-14(13-18(23)24)20-19(25)16-9-11-21(12-10-16)17(22)8-7-15-5-3-2-4-6-15/h2-6,14,16H,7-13H2,1H3,(H,20,25)(H,23,24). The van der Waals surface area contributed by atoms with E-state index in [-0.39, 0.29) is 30.2 Å². The number of carbonyl (C=O) groups is 3. The van der Waals surface area contributed by atoms with Crippen molar-refractivity contribution >= 4 is 17.8 Å². The lowest BCUT2D eigenvalue weighted by Gasteiger charge is -2.32. The highest BCUT2D eigenvalue weighted by Crippen LogP contribution is 2.19. The SMILES string of the molecule is CC(CC(=O)O)NC(=O)C1CCN(C(=O)CCc2ccccc2)CC1. The molecule has 1 aromatic rings. The van der Waals surface area contributed by atoms with E-state index in [2.05, 4.69) is 5.32 Å². The van der Waals surface area contributed by atoms with Gasteiger partial charge >= 0.3 is 5.97 Å². The minimum Gasteiger partial charge on any atom is -0.481 e. The highest BCUT2D eigenvalue weighted by molar-refractivity contribution is 5.81. The van der Waals surface area contributed by atoms with E-state index in [4.69, 9.17) is 5.11 Å². The Balaban J connectivity index is 1.72. The second-order valence-electron chi connectivity index (χ2n) is 6.65. The summed E-state index contributed by atoms with van der Waals surface area (Å²) >= 11 is 0. The van der Waals surface area contributed by atoms with E-state index in [1.54, 1.807) is 6.92 Å². The molecule has 0 aromatic heterocycles. The highest BCUT2D eigenvalue weighted by Gasteiger charge is 2.27. The van der Waals surface area contributed by atoms with Gasteiger partial charge in [-0.05, 0) is 31.7 Å². The Hall–Kier alpha value is -2.37. The second kappa shape index (κ2) is 9.20. The van der Waals surface area contributed by atoms with Crippen molar-refractivity contribution in [2.45, 2.75) is 45.1 Å². The zero-order valence-electron chi connectivity index (χ0n) is 14.6. The number of rotatable bonds is 7. The smallest absolute Gasteiger partial charge is 0.305 e. The maximum absolute atomic E-state index is 12.3. The molecule has 136 valence electrons. The molecule has 1 aliphatic rings. The molecule has 0 radical (unpaired) electrons. The number of nitrogens with one attached hydrogen (secondary N) is 1. The van der Waals surface area contributed by atoms with Gasteiger partial charge in [0.25, 0.3) is 0 Å². The van der Waals surface area contributed by atoms with Crippen LogP contribution in [0.1, 0.15) is 38.2 Å². The molecule has 1 atom stereocenters. The van der Waals surface area contributed by atoms with E-state index in [0.29, 0.717) is 32.4 Å². The van der Waals surface area contributed by atoms with Crippen LogP contribution in [0, 0.1) is 5.92 Å². The molecule has 1 heterocycles. The van der Waals surface area contributed by atoms with E-state index in [1.165, 1.54) is 0 Å². The normalized spacial score (nSPS) is 16.3. The van der Waals surface area contributed by atoms with Crippen LogP contribution in [0.25, 0.3) is 0 Å². The van der Waals surface area contributed by atoms with Gasteiger partial charge in [-0.1, -0.05) is 30.3 Å². The fraction of sp³-hybridized carbons (Fsp3) is 0.526. The van der Waals surface area contributed by atoms with Crippen LogP contribution in [0.3, 0.4) is 0 Å². The molecule has 1 unspecified atom stereocenters. The molecule has 0 saturated carbocycles. The van der Waals surface area contributed by atoms with Gasteiger partial charge in [-0.2, -0.15) is 0 Å². The molecule has 6 heteroatoms. The number of aliphatic carboxylic acids is 1. The van der Waals surface area contributed by atoms with E-state index in [1.807, 2.05) is 35.2 Å². The first-order valence-electron chi connectivity index (χ1n) is 8.79. The van der Waals surface area contributed by atoms with Crippen molar-refractivity contribution in [3.63, 3.8) is 0 Å². The van der Waals surface area contributed by atoms with Gasteiger partial charge in [0, 0.05) is 31.5 Å². The number of nitrogens with zero attached hydrogens (tertiary/aromatic N) is 1. The van der Waals surface area contributed by atoms with Crippen molar-refractivity contribution < 1.29 is 19.5 Å². The van der Waals surface area contributed by atoms with Crippen molar-refractivity contribution in [1.82, 2.24) is 10.2 Å². The van der Waals surface area contributed by atoms with Crippen LogP contribution < -0.4 is 5.32 Å². The Morgan fingerprint density at radius 1 is 1.20 bits per heavy atom. The first-order chi connectivity index (χ1) is 12.0. The average Bonchev–Trinajstić information content (AvgIpc) is 2.60. The summed E-state index contributed by atoms with van der Waals surface area (Å²) in [7, 11) is 0. The van der Waals surface area contributed by atoms with Gasteiger partial charge in [0.15, 0.2) is 0 Å². The number of amides is 2. The van der Waals surface area contributed by atoms with Crippen LogP contribution in [0.5, 0.6) is 0 Å². The summed E-state index contributed by atoms with van der Waals surface area (Å²) in [4.78, 5) is 37.0. The summed E-state index contributed by atoms with van der Waals surface area (Å²) in [5, 5.41) is 11.5. The largest absolute Gasteiger partial charge is 0.481 e.